The van der Waals surface area contributed by atoms with Gasteiger partial charge in [0.15, 0.2) is 0 Å². The molecule has 0 saturated heterocycles. The summed E-state index contributed by atoms with van der Waals surface area (Å²) in [7, 11) is 0. The zero-order valence-corrected chi connectivity index (χ0v) is 6.82. The molecule has 1 aromatic heterocycles. The van der Waals surface area contributed by atoms with Gasteiger partial charge in [-0.15, -0.1) is 0 Å². The maximum atomic E-state index is 10.4. The highest BCUT2D eigenvalue weighted by Gasteiger charge is 2.00. The van der Waals surface area contributed by atoms with E-state index in [4.69, 9.17) is 5.11 Å². The molecule has 0 aliphatic rings. The number of aliphatic carboxylic acids is 1. The average molecular weight is 166 g/mol. The van der Waals surface area contributed by atoms with E-state index in [-0.39, 0.29) is 6.54 Å². The van der Waals surface area contributed by atoms with Crippen LogP contribution in [-0.2, 0) is 11.3 Å². The smallest absolute Gasteiger partial charge is 0.325 e. The molecule has 0 unspecified atom stereocenters. The van der Waals surface area contributed by atoms with Gasteiger partial charge in [-0.1, -0.05) is 12.7 Å². The Bertz CT molecular complexity index is 392. The van der Waals surface area contributed by atoms with Gasteiger partial charge in [-0.05, 0) is 6.92 Å². The summed E-state index contributed by atoms with van der Waals surface area (Å²) in [6, 6.07) is 0. The van der Waals surface area contributed by atoms with Crippen molar-refractivity contribution in [1.29, 1.82) is 0 Å². The third-order valence-electron chi connectivity index (χ3n) is 1.52. The predicted molar refractivity (Wildman–Crippen MR) is 44.8 cm³/mol. The molecule has 12 heavy (non-hydrogen) atoms. The Balaban J connectivity index is 3.18. The van der Waals surface area contributed by atoms with Crippen molar-refractivity contribution in [3.63, 3.8) is 0 Å². The molecule has 1 heterocycles. The Kier molecular flexibility index (Phi) is 2.28. The molecule has 1 N–H and O–H groups in total. The number of aromatic nitrogens is 2. The second-order valence-electron chi connectivity index (χ2n) is 2.40. The van der Waals surface area contributed by atoms with Crippen LogP contribution in [-0.4, -0.2) is 20.9 Å². The van der Waals surface area contributed by atoms with E-state index < -0.39 is 5.97 Å². The number of carbonyl (C=O) groups is 1. The topological polar surface area (TPSA) is 55.1 Å². The van der Waals surface area contributed by atoms with Gasteiger partial charge in [0.2, 0.25) is 0 Å². The van der Waals surface area contributed by atoms with Crippen LogP contribution in [0.4, 0.5) is 0 Å². The molecule has 0 radical (unpaired) electrons. The molecule has 1 rings (SSSR count). The molecular formula is C8H10N2O2. The lowest BCUT2D eigenvalue weighted by atomic mass is 10.4. The summed E-state index contributed by atoms with van der Waals surface area (Å²) < 4.78 is 1.41. The van der Waals surface area contributed by atoms with Crippen molar-refractivity contribution in [1.82, 2.24) is 9.78 Å². The van der Waals surface area contributed by atoms with Crippen molar-refractivity contribution >= 4 is 18.6 Å². The lowest BCUT2D eigenvalue weighted by Crippen LogP contribution is -2.30. The van der Waals surface area contributed by atoms with E-state index in [1.807, 2.05) is 6.92 Å². The summed E-state index contributed by atoms with van der Waals surface area (Å²) in [6.45, 7) is 5.42. The molecule has 1 aromatic rings. The highest BCUT2D eigenvalue weighted by atomic mass is 16.4. The first-order chi connectivity index (χ1) is 5.65. The van der Waals surface area contributed by atoms with Crippen molar-refractivity contribution in [2.24, 2.45) is 0 Å². The Morgan fingerprint density at radius 2 is 2.58 bits per heavy atom. The highest BCUT2D eigenvalue weighted by molar-refractivity contribution is 5.66. The average Bonchev–Trinajstić information content (AvgIpc) is 2.30. The molecule has 64 valence electrons. The second kappa shape index (κ2) is 3.21. The van der Waals surface area contributed by atoms with E-state index in [9.17, 15) is 4.79 Å². The minimum Gasteiger partial charge on any atom is -0.480 e. The lowest BCUT2D eigenvalue weighted by Gasteiger charge is -1.94. The molecule has 4 heteroatoms. The van der Waals surface area contributed by atoms with Gasteiger partial charge in [-0.3, -0.25) is 9.48 Å². The first-order valence-electron chi connectivity index (χ1n) is 3.54. The normalized spacial score (nSPS) is 11.9. The van der Waals surface area contributed by atoms with Crippen molar-refractivity contribution in [2.75, 3.05) is 0 Å². The standard InChI is InChI=1S/C8H10N2O2/c1-3-7-6(2)4-9-10(7)5-8(11)12/h3-4H,2,5H2,1H3,(H,11,12)/b7-3+. The van der Waals surface area contributed by atoms with Gasteiger partial charge in [0, 0.05) is 5.22 Å². The number of hydrogen-bond donors (Lipinski definition) is 1. The number of nitrogens with zero attached hydrogens (tertiary/aromatic N) is 2. The Hall–Kier alpha value is -1.58. The number of hydrogen-bond acceptors (Lipinski definition) is 2. The molecule has 0 amide bonds. The first-order valence-corrected chi connectivity index (χ1v) is 3.54. The maximum absolute atomic E-state index is 10.4. The van der Waals surface area contributed by atoms with E-state index in [2.05, 4.69) is 11.7 Å². The SMILES string of the molecule is C=c1cnn(CC(=O)O)/c1=C/C. The molecule has 0 aliphatic carbocycles. The van der Waals surface area contributed by atoms with E-state index in [1.54, 1.807) is 12.3 Å². The van der Waals surface area contributed by atoms with Gasteiger partial charge in [-0.25, -0.2) is 0 Å². The first kappa shape index (κ1) is 8.52. The molecule has 0 bridgehead atoms. The fourth-order valence-electron chi connectivity index (χ4n) is 1.02. The fraction of sp³-hybridized carbons (Fsp3) is 0.250. The van der Waals surface area contributed by atoms with Crippen LogP contribution in [0.1, 0.15) is 6.92 Å². The molecule has 0 fully saturated rings. The molecule has 4 nitrogen and oxygen atoms in total. The molecule has 0 saturated carbocycles. The van der Waals surface area contributed by atoms with Crippen LogP contribution in [0.25, 0.3) is 12.7 Å². The highest BCUT2D eigenvalue weighted by Crippen LogP contribution is 1.73. The van der Waals surface area contributed by atoms with Crippen molar-refractivity contribution in [3.05, 3.63) is 16.8 Å². The number of carboxylic acid groups (broad SMARTS) is 1. The minimum atomic E-state index is -0.902. The Labute approximate surface area is 69.4 Å². The maximum Gasteiger partial charge on any atom is 0.325 e. The van der Waals surface area contributed by atoms with Crippen LogP contribution in [0.15, 0.2) is 6.20 Å². The van der Waals surface area contributed by atoms with Gasteiger partial charge < -0.3 is 5.11 Å². The van der Waals surface area contributed by atoms with Crippen LogP contribution in [0.5, 0.6) is 0 Å². The van der Waals surface area contributed by atoms with Crippen LogP contribution < -0.4 is 10.6 Å². The quantitative estimate of drug-likeness (QED) is 0.624. The van der Waals surface area contributed by atoms with Crippen molar-refractivity contribution in [2.45, 2.75) is 13.5 Å². The lowest BCUT2D eigenvalue weighted by molar-refractivity contribution is -0.137. The van der Waals surface area contributed by atoms with E-state index in [0.717, 1.165) is 10.6 Å². The van der Waals surface area contributed by atoms with E-state index >= 15 is 0 Å². The summed E-state index contributed by atoms with van der Waals surface area (Å²) in [4.78, 5) is 10.4. The summed E-state index contributed by atoms with van der Waals surface area (Å²) in [5.41, 5.74) is 0. The fourth-order valence-corrected chi connectivity index (χ4v) is 1.02. The zero-order chi connectivity index (χ0) is 9.14. The van der Waals surface area contributed by atoms with Crippen LogP contribution in [0.2, 0.25) is 0 Å². The monoisotopic (exact) mass is 166 g/mol. The Morgan fingerprint density at radius 1 is 1.92 bits per heavy atom. The third-order valence-corrected chi connectivity index (χ3v) is 1.52. The molecule has 0 atom stereocenters. The summed E-state index contributed by atoms with van der Waals surface area (Å²) in [6.07, 6.45) is 3.34. The summed E-state index contributed by atoms with van der Waals surface area (Å²) in [5.74, 6) is -0.902. The zero-order valence-electron chi connectivity index (χ0n) is 6.82. The van der Waals surface area contributed by atoms with E-state index in [0.29, 0.717) is 0 Å². The summed E-state index contributed by atoms with van der Waals surface area (Å²) in [5, 5.41) is 13.9. The van der Waals surface area contributed by atoms with Crippen LogP contribution in [0.3, 0.4) is 0 Å². The third kappa shape index (κ3) is 1.53. The largest absolute Gasteiger partial charge is 0.480 e. The van der Waals surface area contributed by atoms with Gasteiger partial charge in [0.1, 0.15) is 6.54 Å². The van der Waals surface area contributed by atoms with Gasteiger partial charge in [0.05, 0.1) is 11.5 Å². The molecular weight excluding hydrogens is 156 g/mol. The van der Waals surface area contributed by atoms with E-state index in [1.165, 1.54) is 4.68 Å². The van der Waals surface area contributed by atoms with Crippen molar-refractivity contribution < 1.29 is 9.90 Å². The molecule has 0 aliphatic heterocycles. The van der Waals surface area contributed by atoms with Gasteiger partial charge in [0.25, 0.3) is 0 Å². The number of rotatable bonds is 2. The molecule has 0 spiro atoms. The number of carboxylic acids is 1. The minimum absolute atomic E-state index is 0.116. The molecule has 0 aromatic carbocycles. The van der Waals surface area contributed by atoms with Gasteiger partial charge in [-0.2, -0.15) is 5.10 Å². The van der Waals surface area contributed by atoms with Crippen molar-refractivity contribution in [3.8, 4) is 0 Å². The van der Waals surface area contributed by atoms with Crippen LogP contribution in [0, 0.1) is 0 Å². The van der Waals surface area contributed by atoms with Crippen LogP contribution >= 0.6 is 0 Å². The summed E-state index contributed by atoms with van der Waals surface area (Å²) >= 11 is 0. The predicted octanol–water partition coefficient (Wildman–Crippen LogP) is -0.822. The second-order valence-corrected chi connectivity index (χ2v) is 2.40. The van der Waals surface area contributed by atoms with Gasteiger partial charge >= 0.3 is 5.97 Å². The Morgan fingerprint density at radius 3 is 3.08 bits per heavy atom.